The Morgan fingerprint density at radius 2 is 2.07 bits per heavy atom. The van der Waals surface area contributed by atoms with Crippen LogP contribution in [-0.4, -0.2) is 76.1 Å². The van der Waals surface area contributed by atoms with E-state index in [1.165, 1.54) is 23.1 Å². The highest BCUT2D eigenvalue weighted by Gasteiger charge is 2.59. The van der Waals surface area contributed by atoms with Crippen molar-refractivity contribution in [2.75, 3.05) is 32.4 Å². The molecular weight excluding hydrogens is 384 g/mol. The molecule has 1 unspecified atom stereocenters. The van der Waals surface area contributed by atoms with Gasteiger partial charge in [0.1, 0.15) is 12.0 Å². The summed E-state index contributed by atoms with van der Waals surface area (Å²) in [7, 11) is -3.36. The summed E-state index contributed by atoms with van der Waals surface area (Å²) in [4.78, 5) is 26.7. The molecule has 148 valence electrons. The van der Waals surface area contributed by atoms with E-state index in [2.05, 4.69) is 20.1 Å². The van der Waals surface area contributed by atoms with Gasteiger partial charge in [0, 0.05) is 43.7 Å². The van der Waals surface area contributed by atoms with E-state index < -0.39 is 15.4 Å². The molecule has 0 radical (unpaired) electrons. The molecule has 4 heterocycles. The Morgan fingerprint density at radius 1 is 1.29 bits per heavy atom. The molecule has 28 heavy (non-hydrogen) atoms. The third-order valence-corrected chi connectivity index (χ3v) is 7.10. The van der Waals surface area contributed by atoms with Gasteiger partial charge in [-0.2, -0.15) is 4.98 Å². The molecule has 3 aliphatic rings. The molecule has 0 N–H and O–H groups in total. The topological polar surface area (TPSA) is 122 Å². The van der Waals surface area contributed by atoms with Crippen LogP contribution in [0.15, 0.2) is 23.1 Å². The summed E-state index contributed by atoms with van der Waals surface area (Å²) < 4.78 is 31.3. The second-order valence-electron chi connectivity index (χ2n) is 7.99. The normalized spacial score (nSPS) is 24.5. The van der Waals surface area contributed by atoms with Crippen LogP contribution in [0.1, 0.15) is 46.9 Å². The van der Waals surface area contributed by atoms with E-state index >= 15 is 0 Å². The first-order chi connectivity index (χ1) is 13.4. The minimum atomic E-state index is -3.36. The Hall–Kier alpha value is -2.40. The molecule has 2 aliphatic heterocycles. The number of aromatic nitrogens is 4. The predicted octanol–water partition coefficient (Wildman–Crippen LogP) is 0.238. The molecule has 3 fully saturated rings. The van der Waals surface area contributed by atoms with Crippen molar-refractivity contribution in [3.05, 3.63) is 36.0 Å². The summed E-state index contributed by atoms with van der Waals surface area (Å²) in [5.41, 5.74) is -0.0905. The standard InChI is InChI=1S/C17H20N6O4S/c1-28(25,26)23-6-12(15-20-14(21-27-15)11-2-3-11)17(9-23)7-22(8-17)16(24)13-4-5-18-10-19-13/h4-5,10-12H,2-3,6-9H2,1H3. The predicted molar refractivity (Wildman–Crippen MR) is 95.8 cm³/mol. The maximum Gasteiger partial charge on any atom is 0.272 e. The lowest BCUT2D eigenvalue weighted by atomic mass is 9.71. The van der Waals surface area contributed by atoms with E-state index in [1.807, 2.05) is 0 Å². The average Bonchev–Trinajstić information content (AvgIpc) is 3.22. The number of carbonyl (C=O) groups excluding carboxylic acids is 1. The zero-order valence-electron chi connectivity index (χ0n) is 15.4. The van der Waals surface area contributed by atoms with Crippen LogP contribution in [0.25, 0.3) is 0 Å². The first-order valence-electron chi connectivity index (χ1n) is 9.20. The van der Waals surface area contributed by atoms with E-state index in [9.17, 15) is 13.2 Å². The average molecular weight is 404 g/mol. The number of carbonyl (C=O) groups is 1. The van der Waals surface area contributed by atoms with Crippen LogP contribution in [0.5, 0.6) is 0 Å². The third kappa shape index (κ3) is 2.89. The fourth-order valence-electron chi connectivity index (χ4n) is 4.17. The Kier molecular flexibility index (Phi) is 3.82. The van der Waals surface area contributed by atoms with E-state index in [0.717, 1.165) is 12.8 Å². The second kappa shape index (κ2) is 6.05. The zero-order valence-corrected chi connectivity index (χ0v) is 16.2. The first-order valence-corrected chi connectivity index (χ1v) is 11.0. The first kappa shape index (κ1) is 17.7. The summed E-state index contributed by atoms with van der Waals surface area (Å²) in [6.45, 7) is 1.48. The van der Waals surface area contributed by atoms with E-state index in [4.69, 9.17) is 4.52 Å². The fourth-order valence-corrected chi connectivity index (χ4v) is 5.08. The van der Waals surface area contributed by atoms with Gasteiger partial charge in [-0.1, -0.05) is 5.16 Å². The lowest BCUT2D eigenvalue weighted by molar-refractivity contribution is 0.000872. The van der Waals surface area contributed by atoms with Crippen LogP contribution in [0.4, 0.5) is 0 Å². The summed E-state index contributed by atoms with van der Waals surface area (Å²) in [5, 5.41) is 4.08. The summed E-state index contributed by atoms with van der Waals surface area (Å²) in [6, 6.07) is 1.57. The zero-order chi connectivity index (χ0) is 19.5. The molecule has 10 nitrogen and oxygen atoms in total. The Morgan fingerprint density at radius 3 is 2.71 bits per heavy atom. The number of nitrogens with zero attached hydrogens (tertiary/aromatic N) is 6. The highest BCUT2D eigenvalue weighted by Crippen LogP contribution is 2.50. The molecule has 11 heteroatoms. The van der Waals surface area contributed by atoms with E-state index in [1.54, 1.807) is 11.0 Å². The Balaban J connectivity index is 1.40. The van der Waals surface area contributed by atoms with Gasteiger partial charge in [-0.05, 0) is 18.9 Å². The van der Waals surface area contributed by atoms with Crippen LogP contribution >= 0.6 is 0 Å². The molecule has 2 saturated heterocycles. The molecule has 1 atom stereocenters. The quantitative estimate of drug-likeness (QED) is 0.710. The maximum absolute atomic E-state index is 12.6. The molecule has 0 bridgehead atoms. The number of amides is 1. The minimum absolute atomic E-state index is 0.186. The largest absolute Gasteiger partial charge is 0.339 e. The molecule has 2 aromatic heterocycles. The van der Waals surface area contributed by atoms with Crippen LogP contribution in [-0.2, 0) is 10.0 Å². The van der Waals surface area contributed by atoms with Crippen LogP contribution in [0.3, 0.4) is 0 Å². The molecular formula is C17H20N6O4S. The summed E-state index contributed by atoms with van der Waals surface area (Å²) in [5.74, 6) is 1.13. The summed E-state index contributed by atoms with van der Waals surface area (Å²) in [6.07, 6.45) is 6.19. The number of hydrogen-bond acceptors (Lipinski definition) is 8. The van der Waals surface area contributed by atoms with Crippen LogP contribution in [0.2, 0.25) is 0 Å². The van der Waals surface area contributed by atoms with Gasteiger partial charge in [0.25, 0.3) is 5.91 Å². The van der Waals surface area contributed by atoms with Gasteiger partial charge >= 0.3 is 0 Å². The number of rotatable bonds is 4. The van der Waals surface area contributed by atoms with Crippen molar-refractivity contribution in [1.29, 1.82) is 0 Å². The second-order valence-corrected chi connectivity index (χ2v) is 9.97. The van der Waals surface area contributed by atoms with Crippen LogP contribution in [0, 0.1) is 5.41 Å². The molecule has 1 saturated carbocycles. The van der Waals surface area contributed by atoms with Crippen LogP contribution < -0.4 is 0 Å². The molecule has 0 aromatic carbocycles. The van der Waals surface area contributed by atoms with Gasteiger partial charge in [-0.3, -0.25) is 4.79 Å². The SMILES string of the molecule is CS(=O)(=O)N1CC(c2nc(C3CC3)no2)C2(CN(C(=O)c3ccncn3)C2)C1. The van der Waals surface area contributed by atoms with Crippen molar-refractivity contribution in [1.82, 2.24) is 29.3 Å². The minimum Gasteiger partial charge on any atom is -0.339 e. The monoisotopic (exact) mass is 404 g/mol. The summed E-state index contributed by atoms with van der Waals surface area (Å²) >= 11 is 0. The highest BCUT2D eigenvalue weighted by atomic mass is 32.2. The van der Waals surface area contributed by atoms with Gasteiger partial charge in [-0.25, -0.2) is 22.7 Å². The van der Waals surface area contributed by atoms with Gasteiger partial charge in [-0.15, -0.1) is 0 Å². The molecule has 5 rings (SSSR count). The van der Waals surface area contributed by atoms with Crippen molar-refractivity contribution >= 4 is 15.9 Å². The number of hydrogen-bond donors (Lipinski definition) is 0. The fraction of sp³-hybridized carbons (Fsp3) is 0.588. The van der Waals surface area contributed by atoms with Crippen molar-refractivity contribution < 1.29 is 17.7 Å². The third-order valence-electron chi connectivity index (χ3n) is 5.88. The highest BCUT2D eigenvalue weighted by molar-refractivity contribution is 7.88. The van der Waals surface area contributed by atoms with Gasteiger partial charge in [0.05, 0.1) is 12.2 Å². The van der Waals surface area contributed by atoms with E-state index in [-0.39, 0.29) is 11.8 Å². The van der Waals surface area contributed by atoms with Crippen molar-refractivity contribution in [2.24, 2.45) is 5.41 Å². The van der Waals surface area contributed by atoms with Gasteiger partial charge in [0.2, 0.25) is 15.9 Å². The van der Waals surface area contributed by atoms with Gasteiger partial charge < -0.3 is 9.42 Å². The lowest BCUT2D eigenvalue weighted by Crippen LogP contribution is -2.61. The lowest BCUT2D eigenvalue weighted by Gasteiger charge is -2.49. The number of likely N-dealkylation sites (tertiary alicyclic amines) is 1. The molecule has 1 aliphatic carbocycles. The van der Waals surface area contributed by atoms with E-state index in [0.29, 0.717) is 49.5 Å². The van der Waals surface area contributed by atoms with Crippen molar-refractivity contribution in [3.8, 4) is 0 Å². The smallest absolute Gasteiger partial charge is 0.272 e. The Labute approximate surface area is 162 Å². The number of sulfonamides is 1. The maximum atomic E-state index is 12.6. The van der Waals surface area contributed by atoms with Crippen molar-refractivity contribution in [2.45, 2.75) is 24.7 Å². The molecule has 2 aromatic rings. The molecule has 1 spiro atoms. The Bertz CT molecular complexity index is 1010. The molecule has 1 amide bonds. The van der Waals surface area contributed by atoms with Gasteiger partial charge in [0.15, 0.2) is 5.82 Å². The van der Waals surface area contributed by atoms with Crippen molar-refractivity contribution in [3.63, 3.8) is 0 Å².